The topological polar surface area (TPSA) is 46.5 Å². The van der Waals surface area contributed by atoms with Crippen LogP contribution in [0.25, 0.3) is 0 Å². The van der Waals surface area contributed by atoms with Crippen LogP contribution in [-0.4, -0.2) is 24.3 Å². The minimum Gasteiger partial charge on any atom is -0.478 e. The van der Waals surface area contributed by atoms with Crippen molar-refractivity contribution in [2.75, 3.05) is 13.2 Å². The molecule has 1 N–H and O–H groups in total. The Morgan fingerprint density at radius 3 is 3.06 bits per heavy atom. The van der Waals surface area contributed by atoms with Gasteiger partial charge in [0.1, 0.15) is 0 Å². The summed E-state index contributed by atoms with van der Waals surface area (Å²) in [6.07, 6.45) is 3.21. The first-order valence-electron chi connectivity index (χ1n) is 5.65. The summed E-state index contributed by atoms with van der Waals surface area (Å²) in [5, 5.41) is 8.89. The second kappa shape index (κ2) is 5.12. The lowest BCUT2D eigenvalue weighted by Crippen LogP contribution is -2.19. The number of carboxylic acid groups (broad SMARTS) is 1. The van der Waals surface area contributed by atoms with Crippen molar-refractivity contribution in [2.45, 2.75) is 19.3 Å². The van der Waals surface area contributed by atoms with Crippen molar-refractivity contribution in [3.8, 4) is 0 Å². The highest BCUT2D eigenvalue weighted by Crippen LogP contribution is 2.19. The van der Waals surface area contributed by atoms with Crippen LogP contribution < -0.4 is 0 Å². The van der Waals surface area contributed by atoms with Crippen LogP contribution in [0.1, 0.15) is 28.8 Å². The summed E-state index contributed by atoms with van der Waals surface area (Å²) < 4.78 is 5.42. The number of carboxylic acids is 1. The zero-order valence-electron chi connectivity index (χ0n) is 9.19. The van der Waals surface area contributed by atoms with Crippen molar-refractivity contribution in [3.05, 3.63) is 35.4 Å². The van der Waals surface area contributed by atoms with Gasteiger partial charge in [-0.2, -0.15) is 0 Å². The summed E-state index contributed by atoms with van der Waals surface area (Å²) in [6.45, 7) is 1.67. The third kappa shape index (κ3) is 2.83. The Hall–Kier alpha value is -1.35. The van der Waals surface area contributed by atoms with Gasteiger partial charge in [0.05, 0.1) is 5.56 Å². The van der Waals surface area contributed by atoms with E-state index in [-0.39, 0.29) is 0 Å². The third-order valence-corrected chi connectivity index (χ3v) is 2.95. The Bertz CT molecular complexity index is 367. The molecule has 2 rings (SSSR count). The van der Waals surface area contributed by atoms with Crippen molar-refractivity contribution in [1.29, 1.82) is 0 Å². The summed E-state index contributed by atoms with van der Waals surface area (Å²) >= 11 is 0. The van der Waals surface area contributed by atoms with E-state index in [2.05, 4.69) is 0 Å². The van der Waals surface area contributed by atoms with Gasteiger partial charge in [-0.1, -0.05) is 12.1 Å². The van der Waals surface area contributed by atoms with E-state index in [1.54, 1.807) is 12.1 Å². The first kappa shape index (κ1) is 11.1. The van der Waals surface area contributed by atoms with Crippen molar-refractivity contribution in [1.82, 2.24) is 0 Å². The molecule has 1 aromatic carbocycles. The molecule has 86 valence electrons. The average Bonchev–Trinajstić information content (AvgIpc) is 2.30. The van der Waals surface area contributed by atoms with E-state index in [0.717, 1.165) is 31.6 Å². The van der Waals surface area contributed by atoms with Gasteiger partial charge >= 0.3 is 5.97 Å². The van der Waals surface area contributed by atoms with Crippen LogP contribution in [0.4, 0.5) is 0 Å². The standard InChI is InChI=1S/C13H16O3/c14-13(15)12-5-1-3-10(8-12)7-11-4-2-6-16-9-11/h1,3,5,8,11H,2,4,6-7,9H2,(H,14,15). The fraction of sp³-hybridized carbons (Fsp3) is 0.462. The molecule has 0 spiro atoms. The number of hydrogen-bond acceptors (Lipinski definition) is 2. The van der Waals surface area contributed by atoms with Crippen molar-refractivity contribution >= 4 is 5.97 Å². The quantitative estimate of drug-likeness (QED) is 0.850. The van der Waals surface area contributed by atoms with Crippen LogP contribution in [0, 0.1) is 5.92 Å². The summed E-state index contributed by atoms with van der Waals surface area (Å²) in [7, 11) is 0. The smallest absolute Gasteiger partial charge is 0.335 e. The largest absolute Gasteiger partial charge is 0.478 e. The minimum absolute atomic E-state index is 0.370. The van der Waals surface area contributed by atoms with Crippen molar-refractivity contribution < 1.29 is 14.6 Å². The predicted molar refractivity (Wildman–Crippen MR) is 60.6 cm³/mol. The molecule has 1 aliphatic rings. The Morgan fingerprint density at radius 2 is 2.38 bits per heavy atom. The molecule has 0 aromatic heterocycles. The van der Waals surface area contributed by atoms with E-state index in [4.69, 9.17) is 9.84 Å². The fourth-order valence-electron chi connectivity index (χ4n) is 2.13. The molecule has 0 aliphatic carbocycles. The van der Waals surface area contributed by atoms with Crippen LogP contribution in [0.15, 0.2) is 24.3 Å². The second-order valence-electron chi connectivity index (χ2n) is 4.29. The Balaban J connectivity index is 2.02. The van der Waals surface area contributed by atoms with Gasteiger partial charge in [0.15, 0.2) is 0 Å². The number of hydrogen-bond donors (Lipinski definition) is 1. The van der Waals surface area contributed by atoms with Gasteiger partial charge < -0.3 is 9.84 Å². The molecule has 3 nitrogen and oxygen atoms in total. The molecule has 0 radical (unpaired) electrons. The van der Waals surface area contributed by atoms with Crippen LogP contribution in [0.3, 0.4) is 0 Å². The van der Waals surface area contributed by atoms with Gasteiger partial charge in [0.25, 0.3) is 0 Å². The van der Waals surface area contributed by atoms with Gasteiger partial charge in [-0.05, 0) is 42.9 Å². The molecule has 1 saturated heterocycles. The Kier molecular flexibility index (Phi) is 3.57. The number of rotatable bonds is 3. The third-order valence-electron chi connectivity index (χ3n) is 2.95. The summed E-state index contributed by atoms with van der Waals surface area (Å²) in [4.78, 5) is 10.8. The maximum absolute atomic E-state index is 10.8. The summed E-state index contributed by atoms with van der Waals surface area (Å²) in [6, 6.07) is 7.18. The van der Waals surface area contributed by atoms with E-state index in [0.29, 0.717) is 11.5 Å². The van der Waals surface area contributed by atoms with Crippen LogP contribution in [0.2, 0.25) is 0 Å². The zero-order chi connectivity index (χ0) is 11.4. The molecule has 0 saturated carbocycles. The SMILES string of the molecule is O=C(O)c1cccc(CC2CCCOC2)c1. The molecule has 1 aliphatic heterocycles. The predicted octanol–water partition coefficient (Wildman–Crippen LogP) is 2.35. The summed E-state index contributed by atoms with van der Waals surface area (Å²) in [5.41, 5.74) is 1.46. The highest BCUT2D eigenvalue weighted by Gasteiger charge is 2.14. The van der Waals surface area contributed by atoms with E-state index in [1.807, 2.05) is 12.1 Å². The van der Waals surface area contributed by atoms with Gasteiger partial charge in [-0.15, -0.1) is 0 Å². The highest BCUT2D eigenvalue weighted by atomic mass is 16.5. The lowest BCUT2D eigenvalue weighted by Gasteiger charge is -2.22. The summed E-state index contributed by atoms with van der Waals surface area (Å²) in [5.74, 6) is -0.320. The normalized spacial score (nSPS) is 20.6. The molecule has 1 unspecified atom stereocenters. The Morgan fingerprint density at radius 1 is 1.50 bits per heavy atom. The monoisotopic (exact) mass is 220 g/mol. The first-order valence-corrected chi connectivity index (χ1v) is 5.65. The molecule has 1 aromatic rings. The molecule has 0 amide bonds. The van der Waals surface area contributed by atoms with Gasteiger partial charge in [-0.25, -0.2) is 4.79 Å². The first-order chi connectivity index (χ1) is 7.75. The molecular weight excluding hydrogens is 204 g/mol. The van der Waals surface area contributed by atoms with Crippen LogP contribution >= 0.6 is 0 Å². The van der Waals surface area contributed by atoms with E-state index in [9.17, 15) is 4.79 Å². The molecule has 3 heteroatoms. The van der Waals surface area contributed by atoms with E-state index >= 15 is 0 Å². The highest BCUT2D eigenvalue weighted by molar-refractivity contribution is 5.87. The van der Waals surface area contributed by atoms with Gasteiger partial charge in [0.2, 0.25) is 0 Å². The number of benzene rings is 1. The zero-order valence-corrected chi connectivity index (χ0v) is 9.19. The number of carbonyl (C=O) groups is 1. The average molecular weight is 220 g/mol. The molecule has 1 heterocycles. The lowest BCUT2D eigenvalue weighted by molar-refractivity contribution is 0.0550. The second-order valence-corrected chi connectivity index (χ2v) is 4.29. The van der Waals surface area contributed by atoms with Gasteiger partial charge in [0, 0.05) is 13.2 Å². The number of ether oxygens (including phenoxy) is 1. The fourth-order valence-corrected chi connectivity index (χ4v) is 2.13. The Labute approximate surface area is 95.0 Å². The maximum Gasteiger partial charge on any atom is 0.335 e. The molecule has 0 bridgehead atoms. The molecular formula is C13H16O3. The van der Waals surface area contributed by atoms with E-state index in [1.165, 1.54) is 6.42 Å². The van der Waals surface area contributed by atoms with Crippen LogP contribution in [-0.2, 0) is 11.2 Å². The van der Waals surface area contributed by atoms with Crippen molar-refractivity contribution in [3.63, 3.8) is 0 Å². The minimum atomic E-state index is -0.859. The number of aromatic carboxylic acids is 1. The molecule has 16 heavy (non-hydrogen) atoms. The van der Waals surface area contributed by atoms with Crippen molar-refractivity contribution in [2.24, 2.45) is 5.92 Å². The lowest BCUT2D eigenvalue weighted by atomic mass is 9.93. The maximum atomic E-state index is 10.8. The molecule has 1 atom stereocenters. The van der Waals surface area contributed by atoms with Crippen LogP contribution in [0.5, 0.6) is 0 Å². The van der Waals surface area contributed by atoms with Gasteiger partial charge in [-0.3, -0.25) is 0 Å². The molecule has 1 fully saturated rings. The van der Waals surface area contributed by atoms with E-state index < -0.39 is 5.97 Å².